The van der Waals surface area contributed by atoms with Gasteiger partial charge in [0.25, 0.3) is 0 Å². The van der Waals surface area contributed by atoms with Gasteiger partial charge in [-0.2, -0.15) is 0 Å². The van der Waals surface area contributed by atoms with Gasteiger partial charge < -0.3 is 9.15 Å². The molecule has 10 aromatic rings. The van der Waals surface area contributed by atoms with Crippen LogP contribution in [0.4, 0.5) is 0 Å². The monoisotopic (exact) mass is 676 g/mol. The van der Waals surface area contributed by atoms with Crippen LogP contribution in [-0.4, -0.2) is 0 Å². The van der Waals surface area contributed by atoms with Crippen LogP contribution in [0.1, 0.15) is 22.3 Å². The molecule has 0 fully saturated rings. The molecule has 2 heteroatoms. The van der Waals surface area contributed by atoms with Crippen molar-refractivity contribution in [2.75, 3.05) is 0 Å². The van der Waals surface area contributed by atoms with Crippen molar-refractivity contribution in [1.82, 2.24) is 0 Å². The molecular weight excluding hydrogens is 645 g/mol. The first kappa shape index (κ1) is 29.8. The minimum Gasteiger partial charge on any atom is -0.457 e. The van der Waals surface area contributed by atoms with Crippen LogP contribution in [0.15, 0.2) is 199 Å². The van der Waals surface area contributed by atoms with Gasteiger partial charge in [-0.3, -0.25) is 0 Å². The maximum atomic E-state index is 6.84. The molecule has 0 saturated carbocycles. The van der Waals surface area contributed by atoms with E-state index in [1.54, 1.807) is 0 Å². The molecule has 0 radical (unpaired) electrons. The molecule has 0 unspecified atom stereocenters. The average molecular weight is 677 g/mol. The first-order valence-corrected chi connectivity index (χ1v) is 18.2. The van der Waals surface area contributed by atoms with Crippen molar-refractivity contribution >= 4 is 43.5 Å². The third kappa shape index (κ3) is 4.39. The zero-order chi connectivity index (χ0) is 34.9. The Kier molecular flexibility index (Phi) is 6.50. The van der Waals surface area contributed by atoms with E-state index in [2.05, 4.69) is 194 Å². The van der Waals surface area contributed by atoms with Crippen LogP contribution in [0, 0.1) is 0 Å². The molecule has 0 N–H and O–H groups in total. The van der Waals surface area contributed by atoms with Gasteiger partial charge in [-0.1, -0.05) is 164 Å². The predicted octanol–water partition coefficient (Wildman–Crippen LogP) is 13.7. The Balaban J connectivity index is 1.12. The molecule has 0 aliphatic carbocycles. The molecule has 1 aliphatic heterocycles. The fourth-order valence-electron chi connectivity index (χ4n) is 8.90. The molecule has 0 spiro atoms. The molecule has 2 heterocycles. The molecule has 0 bridgehead atoms. The quantitative estimate of drug-likeness (QED) is 0.185. The summed E-state index contributed by atoms with van der Waals surface area (Å²) in [5.41, 5.74) is 10.6. The molecule has 53 heavy (non-hydrogen) atoms. The van der Waals surface area contributed by atoms with Gasteiger partial charge in [-0.25, -0.2) is 0 Å². The van der Waals surface area contributed by atoms with Gasteiger partial charge in [0.05, 0.1) is 5.41 Å². The molecule has 1 aliphatic rings. The molecule has 1 aromatic heterocycles. The minimum absolute atomic E-state index is 0.547. The fourth-order valence-corrected chi connectivity index (χ4v) is 8.90. The summed E-state index contributed by atoms with van der Waals surface area (Å²) in [6.07, 6.45) is 0. The van der Waals surface area contributed by atoms with Crippen molar-refractivity contribution in [1.29, 1.82) is 0 Å². The second-order valence-electron chi connectivity index (χ2n) is 14.0. The van der Waals surface area contributed by atoms with Crippen molar-refractivity contribution < 1.29 is 9.15 Å². The second-order valence-corrected chi connectivity index (χ2v) is 14.0. The van der Waals surface area contributed by atoms with Gasteiger partial charge >= 0.3 is 0 Å². The van der Waals surface area contributed by atoms with Crippen molar-refractivity contribution in [3.63, 3.8) is 0 Å². The van der Waals surface area contributed by atoms with Crippen LogP contribution in [0.2, 0.25) is 0 Å². The molecule has 0 amide bonds. The Bertz CT molecular complexity index is 2990. The Labute approximate surface area is 307 Å². The number of para-hydroxylation sites is 1. The lowest BCUT2D eigenvalue weighted by molar-refractivity contribution is 0.435. The minimum atomic E-state index is -0.547. The third-order valence-corrected chi connectivity index (χ3v) is 11.2. The molecule has 9 aromatic carbocycles. The molecule has 2 nitrogen and oxygen atoms in total. The molecule has 0 saturated heterocycles. The highest BCUT2D eigenvalue weighted by molar-refractivity contribution is 6.18. The van der Waals surface area contributed by atoms with E-state index >= 15 is 0 Å². The Hall–Kier alpha value is -6.90. The maximum absolute atomic E-state index is 6.84. The SMILES string of the molecule is c1ccc(C2(c3ccccc3)c3ccccc3Oc3cc(-c4ccc(-c5cccc6oc7cc8ccccc8cc7c56)c5ccccc45)ccc32)cc1. The van der Waals surface area contributed by atoms with Gasteiger partial charge in [0, 0.05) is 21.9 Å². The lowest BCUT2D eigenvalue weighted by atomic mass is 9.63. The number of ether oxygens (including phenoxy) is 1. The summed E-state index contributed by atoms with van der Waals surface area (Å²) in [7, 11) is 0. The van der Waals surface area contributed by atoms with Crippen molar-refractivity contribution in [3.05, 3.63) is 216 Å². The van der Waals surface area contributed by atoms with Crippen LogP contribution < -0.4 is 4.74 Å². The first-order chi connectivity index (χ1) is 26.3. The zero-order valence-corrected chi connectivity index (χ0v) is 28.8. The van der Waals surface area contributed by atoms with Crippen LogP contribution in [0.5, 0.6) is 11.5 Å². The van der Waals surface area contributed by atoms with E-state index < -0.39 is 5.41 Å². The average Bonchev–Trinajstić information content (AvgIpc) is 3.59. The number of hydrogen-bond acceptors (Lipinski definition) is 2. The summed E-state index contributed by atoms with van der Waals surface area (Å²) >= 11 is 0. The Morgan fingerprint density at radius 1 is 0.358 bits per heavy atom. The lowest BCUT2D eigenvalue weighted by Crippen LogP contribution is -2.34. The molecule has 11 rings (SSSR count). The van der Waals surface area contributed by atoms with Crippen molar-refractivity contribution in [2.24, 2.45) is 0 Å². The first-order valence-electron chi connectivity index (χ1n) is 18.2. The highest BCUT2D eigenvalue weighted by Gasteiger charge is 2.45. The standard InChI is InChI=1S/C51H32O2/c1-3-16-36(17-4-1)51(37-18-5-2-6-19-37)44-23-11-12-24-46(44)52-49-32-35(26-29-45(49)51)38-27-28-41(40-21-10-9-20-39(38)40)42-22-13-25-47-50(42)43-30-33-14-7-8-15-34(33)31-48(43)53-47/h1-32H. The van der Waals surface area contributed by atoms with Crippen LogP contribution in [0.25, 0.3) is 65.7 Å². The lowest BCUT2D eigenvalue weighted by Gasteiger charge is -2.41. The molecule has 0 atom stereocenters. The Morgan fingerprint density at radius 2 is 0.981 bits per heavy atom. The fraction of sp³-hybridized carbons (Fsp3) is 0.0196. The van der Waals surface area contributed by atoms with E-state index in [0.29, 0.717) is 0 Å². The summed E-state index contributed by atoms with van der Waals surface area (Å²) in [4.78, 5) is 0. The van der Waals surface area contributed by atoms with E-state index in [1.165, 1.54) is 43.8 Å². The highest BCUT2D eigenvalue weighted by Crippen LogP contribution is 2.56. The van der Waals surface area contributed by atoms with E-state index in [0.717, 1.165) is 55.7 Å². The van der Waals surface area contributed by atoms with Gasteiger partial charge in [0.15, 0.2) is 0 Å². The predicted molar refractivity (Wildman–Crippen MR) is 218 cm³/mol. The maximum Gasteiger partial charge on any atom is 0.136 e. The normalized spacial score (nSPS) is 13.2. The van der Waals surface area contributed by atoms with Crippen LogP contribution >= 0.6 is 0 Å². The number of benzene rings is 9. The summed E-state index contributed by atoms with van der Waals surface area (Å²) < 4.78 is 13.3. The van der Waals surface area contributed by atoms with E-state index in [1.807, 2.05) is 0 Å². The topological polar surface area (TPSA) is 22.4 Å². The van der Waals surface area contributed by atoms with Gasteiger partial charge in [-0.15, -0.1) is 0 Å². The Morgan fingerprint density at radius 3 is 1.75 bits per heavy atom. The highest BCUT2D eigenvalue weighted by atomic mass is 16.5. The number of fused-ring (bicyclic) bond motifs is 7. The smallest absolute Gasteiger partial charge is 0.136 e. The van der Waals surface area contributed by atoms with E-state index in [4.69, 9.17) is 9.15 Å². The summed E-state index contributed by atoms with van der Waals surface area (Å²) in [5.74, 6) is 1.74. The van der Waals surface area contributed by atoms with E-state index in [9.17, 15) is 0 Å². The van der Waals surface area contributed by atoms with Crippen molar-refractivity contribution in [3.8, 4) is 33.8 Å². The molecular formula is C51H32O2. The van der Waals surface area contributed by atoms with Crippen LogP contribution in [-0.2, 0) is 5.41 Å². The second kappa shape index (κ2) is 11.6. The van der Waals surface area contributed by atoms with E-state index in [-0.39, 0.29) is 0 Å². The largest absolute Gasteiger partial charge is 0.457 e. The van der Waals surface area contributed by atoms with Gasteiger partial charge in [0.2, 0.25) is 0 Å². The number of furan rings is 1. The van der Waals surface area contributed by atoms with Gasteiger partial charge in [-0.05, 0) is 85.3 Å². The third-order valence-electron chi connectivity index (χ3n) is 11.2. The van der Waals surface area contributed by atoms with Gasteiger partial charge in [0.1, 0.15) is 22.7 Å². The summed E-state index contributed by atoms with van der Waals surface area (Å²) in [6.45, 7) is 0. The summed E-state index contributed by atoms with van der Waals surface area (Å²) in [6, 6.07) is 69.6. The number of rotatable bonds is 4. The molecule has 248 valence electrons. The van der Waals surface area contributed by atoms with Crippen LogP contribution in [0.3, 0.4) is 0 Å². The van der Waals surface area contributed by atoms with Crippen molar-refractivity contribution in [2.45, 2.75) is 5.41 Å². The zero-order valence-electron chi connectivity index (χ0n) is 28.8. The summed E-state index contributed by atoms with van der Waals surface area (Å²) in [5, 5.41) is 7.05. The number of hydrogen-bond donors (Lipinski definition) is 0.